The van der Waals surface area contributed by atoms with E-state index in [4.69, 9.17) is 0 Å². The molecule has 0 spiro atoms. The fourth-order valence-electron chi connectivity index (χ4n) is 5.54. The molecule has 1 saturated carbocycles. The van der Waals surface area contributed by atoms with Crippen molar-refractivity contribution in [1.82, 2.24) is 10.2 Å². The van der Waals surface area contributed by atoms with Crippen LogP contribution in [-0.4, -0.2) is 59.1 Å². The third kappa shape index (κ3) is 8.88. The Kier molecular flexibility index (Phi) is 12.7. The maximum atomic E-state index is 13.3. The van der Waals surface area contributed by atoms with Gasteiger partial charge in [-0.3, -0.25) is 4.79 Å². The number of unbranched alkanes of at least 4 members (excludes halogenated alkanes) is 1. The molecule has 2 aromatic carbocycles. The SMILES string of the molecule is CCCCN(CCCc1ccc(C(=O)N[C@@H](CCSC)C(=O)O)c(-c2ccccc2C)c1)C1CCCCC1. The van der Waals surface area contributed by atoms with Crippen LogP contribution >= 0.6 is 11.8 Å². The zero-order chi connectivity index (χ0) is 27.3. The lowest BCUT2D eigenvalue weighted by Crippen LogP contribution is -2.41. The van der Waals surface area contributed by atoms with E-state index < -0.39 is 12.0 Å². The summed E-state index contributed by atoms with van der Waals surface area (Å²) in [5.74, 6) is -0.643. The largest absolute Gasteiger partial charge is 0.480 e. The second kappa shape index (κ2) is 15.9. The Morgan fingerprint density at radius 3 is 2.47 bits per heavy atom. The average molecular weight is 539 g/mol. The first kappa shape index (κ1) is 30.2. The second-order valence-corrected chi connectivity index (χ2v) is 11.6. The minimum atomic E-state index is -0.993. The van der Waals surface area contributed by atoms with Crippen LogP contribution in [0.3, 0.4) is 0 Å². The Labute approximate surface area is 233 Å². The van der Waals surface area contributed by atoms with Crippen LogP contribution in [0.2, 0.25) is 0 Å². The summed E-state index contributed by atoms with van der Waals surface area (Å²) in [4.78, 5) is 27.8. The lowest BCUT2D eigenvalue weighted by atomic mass is 9.92. The van der Waals surface area contributed by atoms with Crippen molar-refractivity contribution in [3.8, 4) is 11.1 Å². The molecular weight excluding hydrogens is 492 g/mol. The van der Waals surface area contributed by atoms with E-state index >= 15 is 0 Å². The lowest BCUT2D eigenvalue weighted by molar-refractivity contribution is -0.139. The number of hydrogen-bond donors (Lipinski definition) is 2. The van der Waals surface area contributed by atoms with Crippen molar-refractivity contribution in [3.05, 3.63) is 59.2 Å². The summed E-state index contributed by atoms with van der Waals surface area (Å²) in [6.07, 6.45) is 13.6. The van der Waals surface area contributed by atoms with E-state index in [2.05, 4.69) is 36.2 Å². The minimum Gasteiger partial charge on any atom is -0.480 e. The third-order valence-corrected chi connectivity index (χ3v) is 8.42. The molecule has 0 radical (unpaired) electrons. The molecule has 1 aliphatic carbocycles. The molecule has 5 nitrogen and oxygen atoms in total. The van der Waals surface area contributed by atoms with Gasteiger partial charge in [-0.15, -0.1) is 0 Å². The first-order valence-electron chi connectivity index (χ1n) is 14.4. The standard InChI is InChI=1S/C32H46N2O3S/c1-4-5-20-34(26-14-7-6-8-15-26)21-11-13-25-17-18-28(29(23-25)27-16-10-9-12-24(27)2)31(35)33-30(32(36)37)19-22-38-3/h9-10,12,16-18,23,26,30H,4-8,11,13-15,19-22H2,1-3H3,(H,33,35)(H,36,37)/t30-/m0/s1. The number of hydrogen-bond acceptors (Lipinski definition) is 4. The summed E-state index contributed by atoms with van der Waals surface area (Å²) in [5, 5.41) is 12.4. The first-order chi connectivity index (χ1) is 18.4. The van der Waals surface area contributed by atoms with Crippen molar-refractivity contribution < 1.29 is 14.7 Å². The van der Waals surface area contributed by atoms with Gasteiger partial charge in [0.15, 0.2) is 0 Å². The van der Waals surface area contributed by atoms with Crippen molar-refractivity contribution in [2.24, 2.45) is 0 Å². The van der Waals surface area contributed by atoms with Gasteiger partial charge in [-0.1, -0.05) is 69.0 Å². The van der Waals surface area contributed by atoms with E-state index in [0.717, 1.165) is 42.1 Å². The Bertz CT molecular complexity index is 1040. The van der Waals surface area contributed by atoms with Gasteiger partial charge in [0.1, 0.15) is 6.04 Å². The quantitative estimate of drug-likeness (QED) is 0.256. The van der Waals surface area contributed by atoms with Gasteiger partial charge in [0.2, 0.25) is 0 Å². The van der Waals surface area contributed by atoms with Gasteiger partial charge in [-0.05, 0) is 98.9 Å². The highest BCUT2D eigenvalue weighted by atomic mass is 32.2. The molecule has 0 aliphatic heterocycles. The Hall–Kier alpha value is -2.31. The van der Waals surface area contributed by atoms with Gasteiger partial charge < -0.3 is 15.3 Å². The number of aliphatic carboxylic acids is 1. The molecule has 1 fully saturated rings. The number of carboxylic acid groups (broad SMARTS) is 1. The maximum absolute atomic E-state index is 13.3. The molecule has 6 heteroatoms. The summed E-state index contributed by atoms with van der Waals surface area (Å²) in [6.45, 7) is 6.63. The van der Waals surface area contributed by atoms with E-state index in [9.17, 15) is 14.7 Å². The van der Waals surface area contributed by atoms with Gasteiger partial charge in [0.25, 0.3) is 5.91 Å². The summed E-state index contributed by atoms with van der Waals surface area (Å²) in [7, 11) is 0. The van der Waals surface area contributed by atoms with Crippen LogP contribution in [0.5, 0.6) is 0 Å². The predicted octanol–water partition coefficient (Wildman–Crippen LogP) is 6.97. The average Bonchev–Trinajstić information content (AvgIpc) is 2.93. The number of nitrogens with zero attached hydrogens (tertiary/aromatic N) is 1. The van der Waals surface area contributed by atoms with Crippen molar-refractivity contribution in [2.75, 3.05) is 25.1 Å². The molecule has 3 rings (SSSR count). The van der Waals surface area contributed by atoms with Crippen LogP contribution in [0.15, 0.2) is 42.5 Å². The van der Waals surface area contributed by atoms with Crippen LogP contribution in [0, 0.1) is 6.92 Å². The number of benzene rings is 2. The normalized spacial score (nSPS) is 14.9. The molecule has 1 aliphatic rings. The van der Waals surface area contributed by atoms with Crippen LogP contribution in [-0.2, 0) is 11.2 Å². The molecule has 1 amide bonds. The number of aryl methyl sites for hydroxylation is 2. The van der Waals surface area contributed by atoms with Crippen molar-refractivity contribution >= 4 is 23.6 Å². The second-order valence-electron chi connectivity index (χ2n) is 10.6. The van der Waals surface area contributed by atoms with Gasteiger partial charge >= 0.3 is 5.97 Å². The molecule has 0 bridgehead atoms. The molecule has 1 atom stereocenters. The molecule has 38 heavy (non-hydrogen) atoms. The first-order valence-corrected chi connectivity index (χ1v) is 15.8. The van der Waals surface area contributed by atoms with Gasteiger partial charge in [0, 0.05) is 11.6 Å². The third-order valence-electron chi connectivity index (χ3n) is 7.78. The van der Waals surface area contributed by atoms with E-state index in [-0.39, 0.29) is 5.91 Å². The Morgan fingerprint density at radius 2 is 1.79 bits per heavy atom. The van der Waals surface area contributed by atoms with Crippen molar-refractivity contribution in [3.63, 3.8) is 0 Å². The summed E-state index contributed by atoms with van der Waals surface area (Å²) in [5.41, 5.74) is 4.74. The lowest BCUT2D eigenvalue weighted by Gasteiger charge is -2.34. The highest BCUT2D eigenvalue weighted by Crippen LogP contribution is 2.29. The molecule has 208 valence electrons. The predicted molar refractivity (Wildman–Crippen MR) is 160 cm³/mol. The molecule has 2 aromatic rings. The smallest absolute Gasteiger partial charge is 0.326 e. The Morgan fingerprint density at radius 1 is 1.05 bits per heavy atom. The van der Waals surface area contributed by atoms with E-state index in [1.54, 1.807) is 11.8 Å². The topological polar surface area (TPSA) is 69.6 Å². The van der Waals surface area contributed by atoms with Gasteiger partial charge in [-0.2, -0.15) is 11.8 Å². The molecule has 0 aromatic heterocycles. The number of thioether (sulfide) groups is 1. The minimum absolute atomic E-state index is 0.327. The summed E-state index contributed by atoms with van der Waals surface area (Å²) in [6, 6.07) is 14.0. The summed E-state index contributed by atoms with van der Waals surface area (Å²) >= 11 is 1.58. The number of rotatable bonds is 15. The number of amides is 1. The van der Waals surface area contributed by atoms with Crippen molar-refractivity contribution in [1.29, 1.82) is 0 Å². The van der Waals surface area contributed by atoms with Crippen LogP contribution in [0.1, 0.15) is 86.2 Å². The number of nitrogens with one attached hydrogen (secondary N) is 1. The number of carboxylic acids is 1. The maximum Gasteiger partial charge on any atom is 0.326 e. The molecular formula is C32H46N2O3S. The molecule has 0 unspecified atom stereocenters. The molecule has 0 saturated heterocycles. The van der Waals surface area contributed by atoms with Crippen molar-refractivity contribution in [2.45, 2.75) is 90.1 Å². The molecule has 2 N–H and O–H groups in total. The van der Waals surface area contributed by atoms with E-state index in [0.29, 0.717) is 17.7 Å². The number of carbonyl (C=O) groups excluding carboxylic acids is 1. The van der Waals surface area contributed by atoms with Crippen LogP contribution in [0.25, 0.3) is 11.1 Å². The van der Waals surface area contributed by atoms with Crippen LogP contribution in [0.4, 0.5) is 0 Å². The fraction of sp³-hybridized carbons (Fsp3) is 0.562. The fourth-order valence-corrected chi connectivity index (χ4v) is 6.01. The van der Waals surface area contributed by atoms with Gasteiger partial charge in [0.05, 0.1) is 0 Å². The monoisotopic (exact) mass is 538 g/mol. The zero-order valence-corrected chi connectivity index (χ0v) is 24.3. The highest BCUT2D eigenvalue weighted by molar-refractivity contribution is 7.98. The summed E-state index contributed by atoms with van der Waals surface area (Å²) < 4.78 is 0. The van der Waals surface area contributed by atoms with Crippen LogP contribution < -0.4 is 5.32 Å². The zero-order valence-electron chi connectivity index (χ0n) is 23.5. The highest BCUT2D eigenvalue weighted by Gasteiger charge is 2.23. The Balaban J connectivity index is 1.78. The molecule has 0 heterocycles. The van der Waals surface area contributed by atoms with E-state index in [1.165, 1.54) is 57.1 Å². The van der Waals surface area contributed by atoms with Gasteiger partial charge in [-0.25, -0.2) is 4.79 Å². The van der Waals surface area contributed by atoms with E-state index in [1.807, 2.05) is 36.6 Å². The number of carbonyl (C=O) groups is 2.